The van der Waals surface area contributed by atoms with Crippen LogP contribution in [0, 0.1) is 0 Å². The van der Waals surface area contributed by atoms with Crippen LogP contribution < -0.4 is 15.5 Å². The molecule has 1 aliphatic rings. The second-order valence-electron chi connectivity index (χ2n) is 6.74. The van der Waals surface area contributed by atoms with Crippen LogP contribution >= 0.6 is 0 Å². The molecular weight excluding hydrogens is 354 g/mol. The molecule has 0 bridgehead atoms. The minimum atomic E-state index is -0.366. The molecular formula is C22H21N3O3. The van der Waals surface area contributed by atoms with Gasteiger partial charge in [-0.25, -0.2) is 0 Å². The number of benzene rings is 2. The van der Waals surface area contributed by atoms with E-state index >= 15 is 0 Å². The molecule has 0 saturated carbocycles. The lowest BCUT2D eigenvalue weighted by atomic mass is 10.2. The van der Waals surface area contributed by atoms with Crippen molar-refractivity contribution in [2.45, 2.75) is 19.4 Å². The minimum Gasteiger partial charge on any atom is -0.459 e. The zero-order valence-corrected chi connectivity index (χ0v) is 15.5. The molecule has 1 atom stereocenters. The third kappa shape index (κ3) is 3.62. The van der Waals surface area contributed by atoms with Crippen molar-refractivity contribution in [3.05, 3.63) is 78.3 Å². The van der Waals surface area contributed by atoms with Crippen LogP contribution in [0.25, 0.3) is 0 Å². The van der Waals surface area contributed by atoms with E-state index in [-0.39, 0.29) is 23.6 Å². The quantitative estimate of drug-likeness (QED) is 0.709. The van der Waals surface area contributed by atoms with E-state index in [2.05, 4.69) is 16.7 Å². The van der Waals surface area contributed by atoms with Crippen molar-refractivity contribution in [3.8, 4) is 0 Å². The van der Waals surface area contributed by atoms with Gasteiger partial charge in [-0.15, -0.1) is 0 Å². The zero-order chi connectivity index (χ0) is 19.5. The zero-order valence-electron chi connectivity index (χ0n) is 15.5. The van der Waals surface area contributed by atoms with E-state index in [0.717, 1.165) is 17.8 Å². The Morgan fingerprint density at radius 3 is 2.50 bits per heavy atom. The normalized spacial score (nSPS) is 13.7. The summed E-state index contributed by atoms with van der Waals surface area (Å²) >= 11 is 0. The van der Waals surface area contributed by atoms with E-state index < -0.39 is 0 Å². The van der Waals surface area contributed by atoms with Gasteiger partial charge in [-0.05, 0) is 61.4 Å². The summed E-state index contributed by atoms with van der Waals surface area (Å²) in [6, 6.07) is 18.2. The maximum Gasteiger partial charge on any atom is 0.291 e. The first-order valence-corrected chi connectivity index (χ1v) is 9.22. The number of furan rings is 1. The molecule has 2 aromatic carbocycles. The fourth-order valence-electron chi connectivity index (χ4n) is 3.36. The summed E-state index contributed by atoms with van der Waals surface area (Å²) < 4.78 is 5.08. The van der Waals surface area contributed by atoms with Gasteiger partial charge in [0.05, 0.1) is 6.26 Å². The number of nitrogens with one attached hydrogen (secondary N) is 2. The molecule has 3 aromatic rings. The highest BCUT2D eigenvalue weighted by atomic mass is 16.3. The van der Waals surface area contributed by atoms with Crippen molar-refractivity contribution in [2.24, 2.45) is 0 Å². The van der Waals surface area contributed by atoms with Gasteiger partial charge >= 0.3 is 0 Å². The van der Waals surface area contributed by atoms with Gasteiger partial charge in [-0.2, -0.15) is 0 Å². The average molecular weight is 375 g/mol. The highest BCUT2D eigenvalue weighted by Gasteiger charge is 2.27. The minimum absolute atomic E-state index is 0.0418. The SMILES string of the molecule is C[C@@H](Nc1ccc(NC(=O)c2ccco2)cc1)C(=O)N1CCc2ccccc21. The molecule has 2 amide bonds. The first-order chi connectivity index (χ1) is 13.6. The summed E-state index contributed by atoms with van der Waals surface area (Å²) in [5.74, 6) is -0.00517. The maximum absolute atomic E-state index is 12.9. The highest BCUT2D eigenvalue weighted by molar-refractivity contribution is 6.02. The number of anilines is 3. The summed E-state index contributed by atoms with van der Waals surface area (Å²) in [5.41, 5.74) is 3.67. The molecule has 6 heteroatoms. The van der Waals surface area contributed by atoms with Crippen molar-refractivity contribution in [3.63, 3.8) is 0 Å². The van der Waals surface area contributed by atoms with Gasteiger partial charge in [0.1, 0.15) is 6.04 Å². The molecule has 0 saturated heterocycles. The van der Waals surface area contributed by atoms with E-state index in [4.69, 9.17) is 4.42 Å². The van der Waals surface area contributed by atoms with Crippen LogP contribution in [-0.2, 0) is 11.2 Å². The molecule has 0 radical (unpaired) electrons. The summed E-state index contributed by atoms with van der Waals surface area (Å²) in [6.07, 6.45) is 2.35. The standard InChI is InChI=1S/C22H21N3O3/c1-15(22(27)25-13-12-16-5-2-3-6-19(16)25)23-17-8-10-18(11-9-17)24-21(26)20-7-4-14-28-20/h2-11,14-15,23H,12-13H2,1H3,(H,24,26)/t15-/m1/s1. The number of amides is 2. The lowest BCUT2D eigenvalue weighted by Crippen LogP contribution is -2.40. The van der Waals surface area contributed by atoms with Gasteiger partial charge < -0.3 is 20.0 Å². The average Bonchev–Trinajstić information content (AvgIpc) is 3.39. The third-order valence-electron chi connectivity index (χ3n) is 4.79. The van der Waals surface area contributed by atoms with Gasteiger partial charge in [-0.1, -0.05) is 18.2 Å². The second-order valence-corrected chi connectivity index (χ2v) is 6.74. The molecule has 0 fully saturated rings. The number of rotatable bonds is 5. The number of nitrogens with zero attached hydrogens (tertiary/aromatic N) is 1. The Morgan fingerprint density at radius 1 is 1.00 bits per heavy atom. The van der Waals surface area contributed by atoms with E-state index in [1.165, 1.54) is 11.8 Å². The molecule has 142 valence electrons. The van der Waals surface area contributed by atoms with Crippen LogP contribution in [0.4, 0.5) is 17.1 Å². The first-order valence-electron chi connectivity index (χ1n) is 9.22. The lowest BCUT2D eigenvalue weighted by Gasteiger charge is -2.23. The van der Waals surface area contributed by atoms with Crippen LogP contribution in [-0.4, -0.2) is 24.4 Å². The van der Waals surface area contributed by atoms with E-state index in [1.54, 1.807) is 24.3 Å². The van der Waals surface area contributed by atoms with Gasteiger partial charge in [0.15, 0.2) is 5.76 Å². The first kappa shape index (κ1) is 17.9. The summed E-state index contributed by atoms with van der Waals surface area (Å²) in [4.78, 5) is 26.7. The van der Waals surface area contributed by atoms with Crippen molar-refractivity contribution in [1.82, 2.24) is 0 Å². The fraction of sp³-hybridized carbons (Fsp3) is 0.182. The van der Waals surface area contributed by atoms with Gasteiger partial charge in [0.25, 0.3) is 5.91 Å². The Morgan fingerprint density at radius 2 is 1.75 bits per heavy atom. The topological polar surface area (TPSA) is 74.6 Å². The van der Waals surface area contributed by atoms with Crippen LogP contribution in [0.5, 0.6) is 0 Å². The predicted molar refractivity (Wildman–Crippen MR) is 109 cm³/mol. The number of hydrogen-bond acceptors (Lipinski definition) is 4. The van der Waals surface area contributed by atoms with Crippen LogP contribution in [0.2, 0.25) is 0 Å². The molecule has 6 nitrogen and oxygen atoms in total. The van der Waals surface area contributed by atoms with E-state index in [1.807, 2.05) is 42.2 Å². The molecule has 28 heavy (non-hydrogen) atoms. The monoisotopic (exact) mass is 375 g/mol. The number of carbonyl (C=O) groups is 2. The number of fused-ring (bicyclic) bond motifs is 1. The van der Waals surface area contributed by atoms with E-state index in [0.29, 0.717) is 12.2 Å². The Kier molecular flexibility index (Phi) is 4.85. The Hall–Kier alpha value is -3.54. The molecule has 4 rings (SSSR count). The van der Waals surface area contributed by atoms with Gasteiger partial charge in [0.2, 0.25) is 5.91 Å². The van der Waals surface area contributed by atoms with Crippen LogP contribution in [0.1, 0.15) is 23.0 Å². The molecule has 2 N–H and O–H groups in total. The molecule has 1 aromatic heterocycles. The summed E-state index contributed by atoms with van der Waals surface area (Å²) in [5, 5.41) is 6.00. The number of para-hydroxylation sites is 1. The van der Waals surface area contributed by atoms with Gasteiger partial charge in [0, 0.05) is 23.6 Å². The van der Waals surface area contributed by atoms with Crippen molar-refractivity contribution in [2.75, 3.05) is 22.1 Å². The van der Waals surface area contributed by atoms with Crippen molar-refractivity contribution >= 4 is 28.9 Å². The van der Waals surface area contributed by atoms with Crippen LogP contribution in [0.15, 0.2) is 71.3 Å². The smallest absolute Gasteiger partial charge is 0.291 e. The van der Waals surface area contributed by atoms with Crippen molar-refractivity contribution < 1.29 is 14.0 Å². The molecule has 0 unspecified atom stereocenters. The van der Waals surface area contributed by atoms with E-state index in [9.17, 15) is 9.59 Å². The molecule has 2 heterocycles. The summed E-state index contributed by atoms with van der Waals surface area (Å²) in [7, 11) is 0. The predicted octanol–water partition coefficient (Wildman–Crippen LogP) is 3.92. The Bertz CT molecular complexity index is 981. The van der Waals surface area contributed by atoms with Crippen molar-refractivity contribution in [1.29, 1.82) is 0 Å². The fourth-order valence-corrected chi connectivity index (χ4v) is 3.36. The largest absolute Gasteiger partial charge is 0.459 e. The molecule has 0 aliphatic carbocycles. The van der Waals surface area contributed by atoms with Crippen LogP contribution in [0.3, 0.4) is 0 Å². The number of carbonyl (C=O) groups excluding carboxylic acids is 2. The molecule has 1 aliphatic heterocycles. The van der Waals surface area contributed by atoms with Gasteiger partial charge in [-0.3, -0.25) is 9.59 Å². The molecule has 0 spiro atoms. The summed E-state index contributed by atoms with van der Waals surface area (Å²) in [6.45, 7) is 2.57. The lowest BCUT2D eigenvalue weighted by molar-refractivity contribution is -0.118. The highest BCUT2D eigenvalue weighted by Crippen LogP contribution is 2.28. The Labute approximate surface area is 163 Å². The number of hydrogen-bond donors (Lipinski definition) is 2. The second kappa shape index (κ2) is 7.60. The Balaban J connectivity index is 1.38. The third-order valence-corrected chi connectivity index (χ3v) is 4.79. The maximum atomic E-state index is 12.9.